The molecule has 0 spiro atoms. The van der Waals surface area contributed by atoms with Gasteiger partial charge in [-0.15, -0.1) is 0 Å². The van der Waals surface area contributed by atoms with E-state index in [0.717, 1.165) is 5.54 Å². The van der Waals surface area contributed by atoms with Crippen LogP contribution in [0.25, 0.3) is 0 Å². The van der Waals surface area contributed by atoms with Gasteiger partial charge >= 0.3 is 0 Å². The Kier molecular flexibility index (Phi) is 1.61. The Hall–Kier alpha value is 0.217. The lowest BCUT2D eigenvalue weighted by molar-refractivity contribution is 1.08. The molecule has 0 bridgehead atoms. The Labute approximate surface area is 30.6 Å². The second-order valence-corrected chi connectivity index (χ2v) is 3.03. The average Bonchev–Trinajstić information content (AvgIpc) is 0.811. The summed E-state index contributed by atoms with van der Waals surface area (Å²) in [6.07, 6.45) is 0. The van der Waals surface area contributed by atoms with Gasteiger partial charge in [-0.05, 0) is 0 Å². The summed E-state index contributed by atoms with van der Waals surface area (Å²) in [6, 6.07) is 0. The molecule has 0 nitrogen and oxygen atoms in total. The van der Waals surface area contributed by atoms with Gasteiger partial charge in [0.1, 0.15) is 0 Å². The zero-order chi connectivity index (χ0) is 3.58. The summed E-state index contributed by atoms with van der Waals surface area (Å²) in [7, 11) is 2.00. The van der Waals surface area contributed by atoms with E-state index >= 15 is 0 Å². The van der Waals surface area contributed by atoms with Crippen molar-refractivity contribution in [2.24, 2.45) is 0 Å². The van der Waals surface area contributed by atoms with E-state index in [1.165, 1.54) is 0 Å². The lowest BCUT2D eigenvalue weighted by atomic mass is 10.6. The maximum absolute atomic E-state index is 2.18. The molecule has 0 saturated carbocycles. The highest BCUT2D eigenvalue weighted by Crippen LogP contribution is 1.84. The molecule has 0 aliphatic rings. The molecule has 0 amide bonds. The van der Waals surface area contributed by atoms with E-state index in [1.807, 2.05) is 10.2 Å². The summed E-state index contributed by atoms with van der Waals surface area (Å²) < 4.78 is 0. The summed E-state index contributed by atoms with van der Waals surface area (Å²) in [4.78, 5) is 0. The standard InChI is InChI=1S/C3H9Si/c1-3(2)4/h3H,4H2,1-2H3. The van der Waals surface area contributed by atoms with Gasteiger partial charge in [0, 0.05) is 10.2 Å². The highest BCUT2D eigenvalue weighted by Gasteiger charge is 1.68. The zero-order valence-electron chi connectivity index (χ0n) is 3.28. The van der Waals surface area contributed by atoms with Gasteiger partial charge in [0.2, 0.25) is 0 Å². The molecule has 0 N–H and O–H groups in total. The first-order valence-corrected chi connectivity index (χ1v) is 2.38. The third-order valence-electron chi connectivity index (χ3n) is 0. The van der Waals surface area contributed by atoms with Gasteiger partial charge in [-0.1, -0.05) is 19.4 Å². The molecule has 0 unspecified atom stereocenters. The van der Waals surface area contributed by atoms with E-state index in [9.17, 15) is 0 Å². The second-order valence-electron chi connectivity index (χ2n) is 1.39. The molecule has 0 aromatic rings. The Balaban J connectivity index is 2.32. The van der Waals surface area contributed by atoms with Crippen LogP contribution in [0.2, 0.25) is 5.54 Å². The van der Waals surface area contributed by atoms with Gasteiger partial charge in [-0.2, -0.15) is 0 Å². The highest BCUT2D eigenvalue weighted by molar-refractivity contribution is 6.10. The van der Waals surface area contributed by atoms with Crippen LogP contribution in [0.5, 0.6) is 0 Å². The summed E-state index contributed by atoms with van der Waals surface area (Å²) in [5.41, 5.74) is 0.861. The van der Waals surface area contributed by atoms with Crippen LogP contribution in [-0.4, -0.2) is 10.2 Å². The minimum absolute atomic E-state index is 0.861. The minimum atomic E-state index is 0.861. The van der Waals surface area contributed by atoms with Gasteiger partial charge in [0.15, 0.2) is 0 Å². The van der Waals surface area contributed by atoms with Crippen molar-refractivity contribution in [2.45, 2.75) is 19.4 Å². The van der Waals surface area contributed by atoms with Crippen LogP contribution >= 0.6 is 0 Å². The third kappa shape index (κ3) is 69.8. The van der Waals surface area contributed by atoms with E-state index in [4.69, 9.17) is 0 Å². The SMILES string of the molecule is CC(C)[SiH2]. The van der Waals surface area contributed by atoms with Gasteiger partial charge in [-0.3, -0.25) is 0 Å². The van der Waals surface area contributed by atoms with E-state index in [0.29, 0.717) is 0 Å². The first kappa shape index (κ1) is 4.22. The molecular formula is C3H9Si. The Morgan fingerprint density at radius 1 is 1.50 bits per heavy atom. The summed E-state index contributed by atoms with van der Waals surface area (Å²) in [5, 5.41) is 0. The molecule has 4 heavy (non-hydrogen) atoms. The Bertz CT molecular complexity index is 8.00. The second kappa shape index (κ2) is 1.53. The highest BCUT2D eigenvalue weighted by atomic mass is 28.1. The number of rotatable bonds is 0. The predicted molar refractivity (Wildman–Crippen MR) is 23.6 cm³/mol. The first-order chi connectivity index (χ1) is 1.73. The lowest BCUT2D eigenvalue weighted by Gasteiger charge is -1.78. The van der Waals surface area contributed by atoms with Crippen LogP contribution in [0.15, 0.2) is 0 Å². The predicted octanol–water partition coefficient (Wildman–Crippen LogP) is 0.448. The molecular weight excluding hydrogens is 64.1 g/mol. The summed E-state index contributed by atoms with van der Waals surface area (Å²) in [6.45, 7) is 4.36. The quantitative estimate of drug-likeness (QED) is 0.365. The van der Waals surface area contributed by atoms with Crippen molar-refractivity contribution >= 4 is 10.2 Å². The minimum Gasteiger partial charge on any atom is -0.0660 e. The molecule has 0 fully saturated rings. The van der Waals surface area contributed by atoms with Crippen LogP contribution in [0.4, 0.5) is 0 Å². The monoisotopic (exact) mass is 73.0 g/mol. The third-order valence-corrected chi connectivity index (χ3v) is 0. The molecule has 0 saturated heterocycles. The molecule has 1 radical (unpaired) electrons. The molecule has 0 aromatic heterocycles. The van der Waals surface area contributed by atoms with E-state index in [1.54, 1.807) is 0 Å². The van der Waals surface area contributed by atoms with Crippen LogP contribution in [-0.2, 0) is 0 Å². The van der Waals surface area contributed by atoms with Crippen LogP contribution in [0.1, 0.15) is 13.8 Å². The summed E-state index contributed by atoms with van der Waals surface area (Å²) in [5.74, 6) is 0. The van der Waals surface area contributed by atoms with E-state index in [2.05, 4.69) is 13.8 Å². The topological polar surface area (TPSA) is 0 Å². The van der Waals surface area contributed by atoms with Gasteiger partial charge in [-0.25, -0.2) is 0 Å². The molecule has 1 heteroatoms. The largest absolute Gasteiger partial charge is 0.0660 e. The van der Waals surface area contributed by atoms with Crippen molar-refractivity contribution in [3.63, 3.8) is 0 Å². The van der Waals surface area contributed by atoms with Gasteiger partial charge in [0.05, 0.1) is 0 Å². The molecule has 0 heterocycles. The molecule has 0 aliphatic heterocycles. The molecule has 0 aliphatic carbocycles. The fourth-order valence-electron chi connectivity index (χ4n) is 0. The van der Waals surface area contributed by atoms with Crippen LogP contribution in [0, 0.1) is 0 Å². The zero-order valence-corrected chi connectivity index (χ0v) is 4.70. The van der Waals surface area contributed by atoms with Crippen molar-refractivity contribution in [3.05, 3.63) is 0 Å². The van der Waals surface area contributed by atoms with Crippen LogP contribution < -0.4 is 0 Å². The molecule has 25 valence electrons. The van der Waals surface area contributed by atoms with E-state index in [-0.39, 0.29) is 0 Å². The van der Waals surface area contributed by atoms with Crippen molar-refractivity contribution in [1.82, 2.24) is 0 Å². The maximum atomic E-state index is 2.18. The number of hydrogen-bond donors (Lipinski definition) is 0. The van der Waals surface area contributed by atoms with Crippen molar-refractivity contribution < 1.29 is 0 Å². The molecule has 0 rings (SSSR count). The normalized spacial score (nSPS) is 9.00. The smallest absolute Gasteiger partial charge is 0.0114 e. The fraction of sp³-hybridized carbons (Fsp3) is 1.00. The van der Waals surface area contributed by atoms with Gasteiger partial charge in [0.25, 0.3) is 0 Å². The molecule has 0 aromatic carbocycles. The van der Waals surface area contributed by atoms with E-state index < -0.39 is 0 Å². The van der Waals surface area contributed by atoms with Crippen molar-refractivity contribution in [2.75, 3.05) is 0 Å². The summed E-state index contributed by atoms with van der Waals surface area (Å²) >= 11 is 0. The maximum Gasteiger partial charge on any atom is 0.0114 e. The van der Waals surface area contributed by atoms with Crippen molar-refractivity contribution in [3.8, 4) is 0 Å². The van der Waals surface area contributed by atoms with Crippen LogP contribution in [0.3, 0.4) is 0 Å². The Morgan fingerprint density at radius 2 is 1.50 bits per heavy atom. The fourth-order valence-corrected chi connectivity index (χ4v) is 0. The lowest BCUT2D eigenvalue weighted by Crippen LogP contribution is -1.67. The average molecular weight is 73.2 g/mol. The Morgan fingerprint density at radius 3 is 1.50 bits per heavy atom. The molecule has 0 atom stereocenters. The first-order valence-electron chi connectivity index (χ1n) is 1.56. The van der Waals surface area contributed by atoms with Crippen molar-refractivity contribution in [1.29, 1.82) is 0 Å². The number of hydrogen-bond acceptors (Lipinski definition) is 0. The van der Waals surface area contributed by atoms with Gasteiger partial charge < -0.3 is 0 Å².